The maximum atomic E-state index is 12.6. The molecule has 0 aromatic heterocycles. The third-order valence-corrected chi connectivity index (χ3v) is 4.40. The summed E-state index contributed by atoms with van der Waals surface area (Å²) in [5.41, 5.74) is 0.762. The fourth-order valence-corrected chi connectivity index (χ4v) is 2.86. The molecule has 1 aliphatic rings. The van der Waals surface area contributed by atoms with Crippen molar-refractivity contribution >= 4 is 17.3 Å². The number of carbonyl (C=O) groups is 1. The molecule has 0 saturated carbocycles. The van der Waals surface area contributed by atoms with E-state index in [1.807, 2.05) is 13.8 Å². The van der Waals surface area contributed by atoms with Crippen LogP contribution in [-0.2, 0) is 0 Å². The van der Waals surface area contributed by atoms with Gasteiger partial charge in [-0.15, -0.1) is 0 Å². The number of nitrogens with one attached hydrogen (secondary N) is 1. The zero-order chi connectivity index (χ0) is 17.7. The first-order chi connectivity index (χ1) is 11.3. The number of benzene rings is 1. The summed E-state index contributed by atoms with van der Waals surface area (Å²) in [5, 5.41) is 23.0. The minimum Gasteiger partial charge on any atom is -0.396 e. The predicted octanol–water partition coefficient (Wildman–Crippen LogP) is 2.33. The molecule has 0 bridgehead atoms. The van der Waals surface area contributed by atoms with E-state index in [1.165, 1.54) is 12.1 Å². The van der Waals surface area contributed by atoms with Crippen LogP contribution in [0.1, 0.15) is 43.5 Å². The maximum absolute atomic E-state index is 12.6. The van der Waals surface area contributed by atoms with Crippen molar-refractivity contribution in [2.24, 2.45) is 5.41 Å². The van der Waals surface area contributed by atoms with Crippen molar-refractivity contribution < 1.29 is 14.8 Å². The molecule has 1 amide bonds. The lowest BCUT2D eigenvalue weighted by molar-refractivity contribution is -0.384. The van der Waals surface area contributed by atoms with Gasteiger partial charge in [-0.2, -0.15) is 0 Å². The number of nitro groups is 1. The normalized spacial score (nSPS) is 14.7. The van der Waals surface area contributed by atoms with E-state index in [2.05, 4.69) is 10.2 Å². The van der Waals surface area contributed by atoms with E-state index in [-0.39, 0.29) is 23.6 Å². The van der Waals surface area contributed by atoms with Gasteiger partial charge >= 0.3 is 0 Å². The minimum absolute atomic E-state index is 0.0543. The van der Waals surface area contributed by atoms with Gasteiger partial charge in [-0.3, -0.25) is 14.9 Å². The van der Waals surface area contributed by atoms with Crippen molar-refractivity contribution in [2.75, 3.05) is 31.1 Å². The average molecular weight is 335 g/mol. The highest BCUT2D eigenvalue weighted by molar-refractivity contribution is 6.00. The van der Waals surface area contributed by atoms with Crippen LogP contribution in [0.15, 0.2) is 18.2 Å². The third kappa shape index (κ3) is 4.44. The predicted molar refractivity (Wildman–Crippen MR) is 92.4 cm³/mol. The van der Waals surface area contributed by atoms with Gasteiger partial charge in [-0.05, 0) is 30.7 Å². The van der Waals surface area contributed by atoms with Crippen molar-refractivity contribution in [3.63, 3.8) is 0 Å². The topological polar surface area (TPSA) is 95.7 Å². The number of carbonyl (C=O) groups excluding carboxylic acids is 1. The van der Waals surface area contributed by atoms with Crippen molar-refractivity contribution in [3.05, 3.63) is 33.9 Å². The molecule has 0 atom stereocenters. The van der Waals surface area contributed by atoms with Gasteiger partial charge in [0.25, 0.3) is 11.6 Å². The van der Waals surface area contributed by atoms with Crippen LogP contribution in [0.4, 0.5) is 11.4 Å². The molecule has 0 aliphatic carbocycles. The van der Waals surface area contributed by atoms with Gasteiger partial charge in [0, 0.05) is 38.4 Å². The molecule has 24 heavy (non-hydrogen) atoms. The Morgan fingerprint density at radius 3 is 2.62 bits per heavy atom. The fraction of sp³-hybridized carbons (Fsp3) is 0.588. The monoisotopic (exact) mass is 335 g/mol. The molecular weight excluding hydrogens is 310 g/mol. The van der Waals surface area contributed by atoms with E-state index >= 15 is 0 Å². The zero-order valence-corrected chi connectivity index (χ0v) is 14.2. The van der Waals surface area contributed by atoms with Crippen molar-refractivity contribution in [3.8, 4) is 0 Å². The molecule has 0 unspecified atom stereocenters. The standard InChI is InChI=1S/C17H25N3O4/c1-17(2,7-10-21)12-18-16(22)14-11-13(20(23)24)5-6-15(14)19-8-3-4-9-19/h5-6,11,21H,3-4,7-10,12H2,1-2H3,(H,18,22). The highest BCUT2D eigenvalue weighted by atomic mass is 16.6. The number of hydrogen-bond donors (Lipinski definition) is 2. The Hall–Kier alpha value is -2.15. The Bertz CT molecular complexity index is 610. The molecular formula is C17H25N3O4. The SMILES string of the molecule is CC(C)(CCO)CNC(=O)c1cc([N+](=O)[O-])ccc1N1CCCC1. The van der Waals surface area contributed by atoms with Crippen LogP contribution in [0.2, 0.25) is 0 Å². The van der Waals surface area contributed by atoms with Crippen LogP contribution < -0.4 is 10.2 Å². The quantitative estimate of drug-likeness (QED) is 0.589. The molecule has 1 aliphatic heterocycles. The van der Waals surface area contributed by atoms with Crippen LogP contribution in [0, 0.1) is 15.5 Å². The highest BCUT2D eigenvalue weighted by Gasteiger charge is 2.24. The van der Waals surface area contributed by atoms with Gasteiger partial charge in [0.15, 0.2) is 0 Å². The number of nitro benzene ring substituents is 1. The lowest BCUT2D eigenvalue weighted by Gasteiger charge is -2.25. The molecule has 2 rings (SSSR count). The Balaban J connectivity index is 2.23. The second kappa shape index (κ2) is 7.61. The van der Waals surface area contributed by atoms with E-state index < -0.39 is 4.92 Å². The molecule has 132 valence electrons. The summed E-state index contributed by atoms with van der Waals surface area (Å²) in [7, 11) is 0. The smallest absolute Gasteiger partial charge is 0.270 e. The number of rotatable bonds is 7. The zero-order valence-electron chi connectivity index (χ0n) is 14.2. The lowest BCUT2D eigenvalue weighted by Crippen LogP contribution is -2.35. The Kier molecular flexibility index (Phi) is 5.77. The first-order valence-corrected chi connectivity index (χ1v) is 8.26. The third-order valence-electron chi connectivity index (χ3n) is 4.40. The Labute approximate surface area is 141 Å². The summed E-state index contributed by atoms with van der Waals surface area (Å²) in [5.74, 6) is -0.313. The number of aliphatic hydroxyl groups excluding tert-OH is 1. The maximum Gasteiger partial charge on any atom is 0.270 e. The summed E-state index contributed by atoms with van der Waals surface area (Å²) >= 11 is 0. The summed E-state index contributed by atoms with van der Waals surface area (Å²) in [6.07, 6.45) is 2.68. The molecule has 1 saturated heterocycles. The Morgan fingerprint density at radius 1 is 1.38 bits per heavy atom. The van der Waals surface area contributed by atoms with Crippen LogP contribution in [-0.4, -0.2) is 42.2 Å². The number of anilines is 1. The van der Waals surface area contributed by atoms with E-state index in [0.29, 0.717) is 18.5 Å². The molecule has 2 N–H and O–H groups in total. The largest absolute Gasteiger partial charge is 0.396 e. The number of hydrogen-bond acceptors (Lipinski definition) is 5. The summed E-state index contributed by atoms with van der Waals surface area (Å²) in [4.78, 5) is 25.3. The first-order valence-electron chi connectivity index (χ1n) is 8.26. The van der Waals surface area contributed by atoms with Crippen molar-refractivity contribution in [1.82, 2.24) is 5.32 Å². The van der Waals surface area contributed by atoms with Crippen LogP contribution in [0.5, 0.6) is 0 Å². The number of nitrogens with zero attached hydrogens (tertiary/aromatic N) is 2. The lowest BCUT2D eigenvalue weighted by atomic mass is 9.89. The van der Waals surface area contributed by atoms with E-state index in [9.17, 15) is 14.9 Å². The molecule has 7 heteroatoms. The summed E-state index contributed by atoms with van der Waals surface area (Å²) in [6.45, 7) is 6.08. The second-order valence-electron chi connectivity index (χ2n) is 6.97. The van der Waals surface area contributed by atoms with Gasteiger partial charge in [0.05, 0.1) is 16.2 Å². The molecule has 1 heterocycles. The van der Waals surface area contributed by atoms with Gasteiger partial charge in [0.1, 0.15) is 0 Å². The van der Waals surface area contributed by atoms with Crippen LogP contribution in [0.25, 0.3) is 0 Å². The van der Waals surface area contributed by atoms with Gasteiger partial charge in [-0.1, -0.05) is 13.8 Å². The molecule has 0 spiro atoms. The number of aliphatic hydroxyl groups is 1. The fourth-order valence-electron chi connectivity index (χ4n) is 2.86. The highest BCUT2D eigenvalue weighted by Crippen LogP contribution is 2.28. The van der Waals surface area contributed by atoms with E-state index in [4.69, 9.17) is 5.11 Å². The van der Waals surface area contributed by atoms with Gasteiger partial charge < -0.3 is 15.3 Å². The molecule has 0 radical (unpaired) electrons. The van der Waals surface area contributed by atoms with Gasteiger partial charge in [-0.25, -0.2) is 0 Å². The number of amides is 1. The minimum atomic E-state index is -0.486. The molecule has 1 aromatic carbocycles. The van der Waals surface area contributed by atoms with Crippen molar-refractivity contribution in [1.29, 1.82) is 0 Å². The first kappa shape index (κ1) is 18.2. The summed E-state index contributed by atoms with van der Waals surface area (Å²) < 4.78 is 0. The summed E-state index contributed by atoms with van der Waals surface area (Å²) in [6, 6.07) is 4.46. The van der Waals surface area contributed by atoms with E-state index in [1.54, 1.807) is 6.07 Å². The molecule has 7 nitrogen and oxygen atoms in total. The van der Waals surface area contributed by atoms with Gasteiger partial charge in [0.2, 0.25) is 0 Å². The second-order valence-corrected chi connectivity index (χ2v) is 6.97. The number of non-ortho nitro benzene ring substituents is 1. The molecule has 1 fully saturated rings. The average Bonchev–Trinajstić information content (AvgIpc) is 3.06. The van der Waals surface area contributed by atoms with Crippen LogP contribution in [0.3, 0.4) is 0 Å². The Morgan fingerprint density at radius 2 is 2.04 bits per heavy atom. The van der Waals surface area contributed by atoms with E-state index in [0.717, 1.165) is 31.6 Å². The van der Waals surface area contributed by atoms with Crippen molar-refractivity contribution in [2.45, 2.75) is 33.1 Å². The van der Waals surface area contributed by atoms with Crippen LogP contribution >= 0.6 is 0 Å². The molecule has 1 aromatic rings.